The molecule has 0 bridgehead atoms. The van der Waals surface area contributed by atoms with Crippen molar-refractivity contribution in [3.63, 3.8) is 0 Å². The van der Waals surface area contributed by atoms with Crippen molar-refractivity contribution in [3.8, 4) is 0 Å². The van der Waals surface area contributed by atoms with Crippen LogP contribution in [-0.2, 0) is 6.54 Å². The quantitative estimate of drug-likeness (QED) is 0.900. The molecular formula is C14H14F2N2O. The zero-order valence-corrected chi connectivity index (χ0v) is 10.3. The Kier molecular flexibility index (Phi) is 4.41. The van der Waals surface area contributed by atoms with Crippen LogP contribution < -0.4 is 4.90 Å². The highest BCUT2D eigenvalue weighted by Gasteiger charge is 2.11. The highest BCUT2D eigenvalue weighted by atomic mass is 19.1. The SMILES string of the molecule is OCCN(Cc1ccc(F)cc1F)c1ccccn1. The van der Waals surface area contributed by atoms with Crippen molar-refractivity contribution >= 4 is 5.82 Å². The molecule has 0 aliphatic heterocycles. The number of anilines is 1. The van der Waals surface area contributed by atoms with Gasteiger partial charge >= 0.3 is 0 Å². The van der Waals surface area contributed by atoms with E-state index in [1.54, 1.807) is 23.2 Å². The first-order chi connectivity index (χ1) is 9.20. The topological polar surface area (TPSA) is 36.4 Å². The summed E-state index contributed by atoms with van der Waals surface area (Å²) in [6.07, 6.45) is 1.63. The third kappa shape index (κ3) is 3.48. The number of hydrogen-bond donors (Lipinski definition) is 1. The maximum absolute atomic E-state index is 13.6. The van der Waals surface area contributed by atoms with Crippen LogP contribution in [-0.4, -0.2) is 23.2 Å². The minimum absolute atomic E-state index is 0.0701. The number of aliphatic hydroxyl groups excluding tert-OH is 1. The molecule has 100 valence electrons. The first-order valence-electron chi connectivity index (χ1n) is 5.91. The van der Waals surface area contributed by atoms with Crippen molar-refractivity contribution < 1.29 is 13.9 Å². The van der Waals surface area contributed by atoms with E-state index >= 15 is 0 Å². The van der Waals surface area contributed by atoms with Crippen molar-refractivity contribution in [2.24, 2.45) is 0 Å². The molecule has 3 nitrogen and oxygen atoms in total. The van der Waals surface area contributed by atoms with E-state index in [1.165, 1.54) is 12.1 Å². The van der Waals surface area contributed by atoms with Gasteiger partial charge in [-0.2, -0.15) is 0 Å². The van der Waals surface area contributed by atoms with E-state index in [-0.39, 0.29) is 13.2 Å². The molecule has 2 rings (SSSR count). The van der Waals surface area contributed by atoms with Gasteiger partial charge in [0.1, 0.15) is 17.5 Å². The molecule has 0 fully saturated rings. The monoisotopic (exact) mass is 264 g/mol. The van der Waals surface area contributed by atoms with Crippen molar-refractivity contribution in [1.82, 2.24) is 4.98 Å². The molecule has 0 amide bonds. The van der Waals surface area contributed by atoms with Crippen LogP contribution in [0.4, 0.5) is 14.6 Å². The fourth-order valence-electron chi connectivity index (χ4n) is 1.79. The molecule has 0 aliphatic carbocycles. The maximum atomic E-state index is 13.6. The number of hydrogen-bond acceptors (Lipinski definition) is 3. The number of rotatable bonds is 5. The van der Waals surface area contributed by atoms with E-state index in [2.05, 4.69) is 4.98 Å². The van der Waals surface area contributed by atoms with E-state index in [1.807, 2.05) is 6.07 Å². The van der Waals surface area contributed by atoms with Crippen LogP contribution in [0.5, 0.6) is 0 Å². The predicted molar refractivity (Wildman–Crippen MR) is 68.7 cm³/mol. The van der Waals surface area contributed by atoms with Crippen LogP contribution >= 0.6 is 0 Å². The number of benzene rings is 1. The molecule has 19 heavy (non-hydrogen) atoms. The fraction of sp³-hybridized carbons (Fsp3) is 0.214. The Balaban J connectivity index is 2.21. The van der Waals surface area contributed by atoms with Gasteiger partial charge < -0.3 is 10.0 Å². The molecule has 0 unspecified atom stereocenters. The van der Waals surface area contributed by atoms with Gasteiger partial charge in [0.05, 0.1) is 6.61 Å². The zero-order chi connectivity index (χ0) is 13.7. The Morgan fingerprint density at radius 3 is 2.63 bits per heavy atom. The van der Waals surface area contributed by atoms with Crippen molar-refractivity contribution in [2.45, 2.75) is 6.54 Å². The summed E-state index contributed by atoms with van der Waals surface area (Å²) >= 11 is 0. The van der Waals surface area contributed by atoms with Gasteiger partial charge in [0.25, 0.3) is 0 Å². The Bertz CT molecular complexity index is 534. The number of halogens is 2. The molecule has 0 saturated carbocycles. The summed E-state index contributed by atoms with van der Waals surface area (Å²) in [6, 6.07) is 8.83. The van der Waals surface area contributed by atoms with Gasteiger partial charge in [0.2, 0.25) is 0 Å². The first-order valence-corrected chi connectivity index (χ1v) is 5.91. The highest BCUT2D eigenvalue weighted by Crippen LogP contribution is 2.16. The third-order valence-electron chi connectivity index (χ3n) is 2.72. The molecule has 1 aromatic heterocycles. The lowest BCUT2D eigenvalue weighted by Crippen LogP contribution is -2.27. The summed E-state index contributed by atoms with van der Waals surface area (Å²) < 4.78 is 26.5. The molecule has 0 spiro atoms. The minimum Gasteiger partial charge on any atom is -0.395 e. The van der Waals surface area contributed by atoms with E-state index in [4.69, 9.17) is 5.11 Å². The van der Waals surface area contributed by atoms with Gasteiger partial charge in [0.15, 0.2) is 0 Å². The Hall–Kier alpha value is -2.01. The van der Waals surface area contributed by atoms with Gasteiger partial charge in [-0.25, -0.2) is 13.8 Å². The van der Waals surface area contributed by atoms with Crippen molar-refractivity contribution in [3.05, 3.63) is 59.8 Å². The Labute approximate surface area is 110 Å². The summed E-state index contributed by atoms with van der Waals surface area (Å²) in [6.45, 7) is 0.483. The fourth-order valence-corrected chi connectivity index (χ4v) is 1.79. The second-order valence-corrected chi connectivity index (χ2v) is 4.07. The predicted octanol–water partition coefficient (Wildman–Crippen LogP) is 2.36. The summed E-state index contributed by atoms with van der Waals surface area (Å²) in [4.78, 5) is 5.89. The molecular weight excluding hydrogens is 250 g/mol. The largest absolute Gasteiger partial charge is 0.395 e. The van der Waals surface area contributed by atoms with E-state index in [0.717, 1.165) is 6.07 Å². The summed E-state index contributed by atoms with van der Waals surface area (Å²) in [5.41, 5.74) is 0.362. The Morgan fingerprint density at radius 1 is 1.16 bits per heavy atom. The van der Waals surface area contributed by atoms with Crippen LogP contribution in [0.1, 0.15) is 5.56 Å². The summed E-state index contributed by atoms with van der Waals surface area (Å²) in [5, 5.41) is 9.07. The first kappa shape index (κ1) is 13.4. The molecule has 0 radical (unpaired) electrons. The van der Waals surface area contributed by atoms with Gasteiger partial charge in [-0.15, -0.1) is 0 Å². The highest BCUT2D eigenvalue weighted by molar-refractivity contribution is 5.39. The van der Waals surface area contributed by atoms with Crippen LogP contribution in [0.15, 0.2) is 42.6 Å². The summed E-state index contributed by atoms with van der Waals surface area (Å²) in [7, 11) is 0. The number of aromatic nitrogens is 1. The van der Waals surface area contributed by atoms with E-state index < -0.39 is 11.6 Å². The molecule has 2 aromatic rings. The summed E-state index contributed by atoms with van der Waals surface area (Å²) in [5.74, 6) is -0.563. The molecule has 5 heteroatoms. The average Bonchev–Trinajstić information content (AvgIpc) is 2.42. The number of aliphatic hydroxyl groups is 1. The standard InChI is InChI=1S/C14H14F2N2O/c15-12-5-4-11(13(16)9-12)10-18(7-8-19)14-3-1-2-6-17-14/h1-6,9,19H,7-8,10H2. The van der Waals surface area contributed by atoms with Crippen LogP contribution in [0.25, 0.3) is 0 Å². The molecule has 1 heterocycles. The molecule has 1 N–H and O–H groups in total. The van der Waals surface area contributed by atoms with Crippen LogP contribution in [0, 0.1) is 11.6 Å². The van der Waals surface area contributed by atoms with Crippen molar-refractivity contribution in [1.29, 1.82) is 0 Å². The van der Waals surface area contributed by atoms with Gasteiger partial charge in [-0.3, -0.25) is 0 Å². The maximum Gasteiger partial charge on any atom is 0.131 e. The van der Waals surface area contributed by atoms with Gasteiger partial charge in [0, 0.05) is 30.9 Å². The lowest BCUT2D eigenvalue weighted by Gasteiger charge is -2.23. The number of pyridine rings is 1. The van der Waals surface area contributed by atoms with Gasteiger partial charge in [-0.05, 0) is 18.2 Å². The molecule has 0 atom stereocenters. The van der Waals surface area contributed by atoms with Crippen LogP contribution in [0.2, 0.25) is 0 Å². The van der Waals surface area contributed by atoms with E-state index in [0.29, 0.717) is 17.9 Å². The van der Waals surface area contributed by atoms with Crippen molar-refractivity contribution in [2.75, 3.05) is 18.1 Å². The third-order valence-corrected chi connectivity index (χ3v) is 2.72. The molecule has 0 saturated heterocycles. The van der Waals surface area contributed by atoms with E-state index in [9.17, 15) is 8.78 Å². The second kappa shape index (κ2) is 6.24. The van der Waals surface area contributed by atoms with Gasteiger partial charge in [-0.1, -0.05) is 12.1 Å². The lowest BCUT2D eigenvalue weighted by atomic mass is 10.2. The number of nitrogens with zero attached hydrogens (tertiary/aromatic N) is 2. The normalized spacial score (nSPS) is 10.5. The lowest BCUT2D eigenvalue weighted by molar-refractivity contribution is 0.301. The second-order valence-electron chi connectivity index (χ2n) is 4.07. The molecule has 1 aromatic carbocycles. The average molecular weight is 264 g/mol. The molecule has 0 aliphatic rings. The smallest absolute Gasteiger partial charge is 0.131 e. The van der Waals surface area contributed by atoms with Crippen LogP contribution in [0.3, 0.4) is 0 Å². The Morgan fingerprint density at radius 2 is 2.00 bits per heavy atom. The zero-order valence-electron chi connectivity index (χ0n) is 10.3. The minimum atomic E-state index is -0.604.